The molecule has 3 aliphatic heterocycles. The van der Waals surface area contributed by atoms with Crippen LogP contribution in [0.2, 0.25) is 0 Å². The highest BCUT2D eigenvalue weighted by atomic mass is 16.6. The molecule has 0 radical (unpaired) electrons. The quantitative estimate of drug-likeness (QED) is 0.696. The van der Waals surface area contributed by atoms with Gasteiger partial charge in [-0.15, -0.1) is 0 Å². The molecule has 0 aromatic heterocycles. The van der Waals surface area contributed by atoms with Crippen LogP contribution in [0.25, 0.3) is 0 Å². The summed E-state index contributed by atoms with van der Waals surface area (Å²) in [6.07, 6.45) is 7.64. The molecule has 0 aromatic rings. The molecule has 1 spiro atoms. The van der Waals surface area contributed by atoms with Crippen LogP contribution in [0.3, 0.4) is 0 Å². The van der Waals surface area contributed by atoms with Gasteiger partial charge in [-0.1, -0.05) is 13.3 Å². The molecule has 0 aromatic carbocycles. The average Bonchev–Trinajstić information content (AvgIpc) is 3.24. The van der Waals surface area contributed by atoms with Gasteiger partial charge >= 0.3 is 6.09 Å². The average molecular weight is 366 g/mol. The Morgan fingerprint density at radius 1 is 1.19 bits per heavy atom. The molecule has 1 atom stereocenters. The van der Waals surface area contributed by atoms with Crippen LogP contribution in [0.4, 0.5) is 4.79 Å². The number of nitrogens with zero attached hydrogens (tertiary/aromatic N) is 3. The predicted octanol–water partition coefficient (Wildman–Crippen LogP) is 2.86. The van der Waals surface area contributed by atoms with Gasteiger partial charge in [-0.05, 0) is 52.2 Å². The van der Waals surface area contributed by atoms with Crippen LogP contribution in [0.15, 0.2) is 0 Å². The van der Waals surface area contributed by atoms with Crippen molar-refractivity contribution in [2.45, 2.75) is 76.9 Å². The SMILES string of the molecule is CCC[C@@H](C)N1CC2(CCN(C(=O)CCCN3CCCC3)CC2)OC1=O. The van der Waals surface area contributed by atoms with E-state index in [9.17, 15) is 9.59 Å². The molecular formula is C20H35N3O3. The van der Waals surface area contributed by atoms with E-state index >= 15 is 0 Å². The summed E-state index contributed by atoms with van der Waals surface area (Å²) in [6, 6.07) is 0.233. The molecule has 148 valence electrons. The van der Waals surface area contributed by atoms with Crippen molar-refractivity contribution in [2.24, 2.45) is 0 Å². The Bertz CT molecular complexity index is 497. The van der Waals surface area contributed by atoms with Crippen LogP contribution in [0.5, 0.6) is 0 Å². The summed E-state index contributed by atoms with van der Waals surface area (Å²) in [4.78, 5) is 31.1. The van der Waals surface area contributed by atoms with Crippen molar-refractivity contribution < 1.29 is 14.3 Å². The first-order valence-electron chi connectivity index (χ1n) is 10.5. The maximum absolute atomic E-state index is 12.5. The van der Waals surface area contributed by atoms with Gasteiger partial charge in [-0.3, -0.25) is 4.79 Å². The fourth-order valence-corrected chi connectivity index (χ4v) is 4.60. The van der Waals surface area contributed by atoms with Crippen LogP contribution >= 0.6 is 0 Å². The largest absolute Gasteiger partial charge is 0.441 e. The lowest BCUT2D eigenvalue weighted by Crippen LogP contribution is -2.49. The topological polar surface area (TPSA) is 53.1 Å². The number of amides is 2. The first kappa shape index (κ1) is 19.5. The van der Waals surface area contributed by atoms with Gasteiger partial charge in [0.25, 0.3) is 0 Å². The van der Waals surface area contributed by atoms with Gasteiger partial charge in [-0.25, -0.2) is 4.79 Å². The molecule has 0 aliphatic carbocycles. The molecule has 3 fully saturated rings. The summed E-state index contributed by atoms with van der Waals surface area (Å²) in [6.45, 7) is 9.79. The second-order valence-corrected chi connectivity index (χ2v) is 8.35. The van der Waals surface area contributed by atoms with Crippen LogP contribution in [-0.2, 0) is 9.53 Å². The molecule has 6 nitrogen and oxygen atoms in total. The van der Waals surface area contributed by atoms with Crippen molar-refractivity contribution in [1.82, 2.24) is 14.7 Å². The van der Waals surface area contributed by atoms with Crippen molar-refractivity contribution >= 4 is 12.0 Å². The second kappa shape index (κ2) is 8.59. The third kappa shape index (κ3) is 4.51. The predicted molar refractivity (Wildman–Crippen MR) is 101 cm³/mol. The van der Waals surface area contributed by atoms with E-state index < -0.39 is 0 Å². The lowest BCUT2D eigenvalue weighted by molar-refractivity contribution is -0.134. The molecule has 3 aliphatic rings. The first-order valence-corrected chi connectivity index (χ1v) is 10.5. The number of hydrogen-bond acceptors (Lipinski definition) is 4. The summed E-state index contributed by atoms with van der Waals surface area (Å²) >= 11 is 0. The van der Waals surface area contributed by atoms with E-state index in [1.54, 1.807) is 0 Å². The van der Waals surface area contributed by atoms with Crippen molar-refractivity contribution in [3.8, 4) is 0 Å². The smallest absolute Gasteiger partial charge is 0.410 e. The summed E-state index contributed by atoms with van der Waals surface area (Å²) in [5, 5.41) is 0. The number of carbonyl (C=O) groups is 2. The highest BCUT2D eigenvalue weighted by Gasteiger charge is 2.48. The zero-order chi connectivity index (χ0) is 18.6. The monoisotopic (exact) mass is 365 g/mol. The normalized spacial score (nSPS) is 24.3. The molecule has 3 heterocycles. The van der Waals surface area contributed by atoms with Gasteiger partial charge in [0, 0.05) is 38.4 Å². The van der Waals surface area contributed by atoms with Gasteiger partial charge in [0.2, 0.25) is 5.91 Å². The van der Waals surface area contributed by atoms with E-state index in [0.29, 0.717) is 26.1 Å². The van der Waals surface area contributed by atoms with Crippen molar-refractivity contribution in [3.05, 3.63) is 0 Å². The van der Waals surface area contributed by atoms with Gasteiger partial charge in [0.1, 0.15) is 5.60 Å². The highest BCUT2D eigenvalue weighted by molar-refractivity contribution is 5.76. The van der Waals surface area contributed by atoms with Crippen LogP contribution < -0.4 is 0 Å². The molecule has 3 saturated heterocycles. The van der Waals surface area contributed by atoms with Crippen molar-refractivity contribution in [1.29, 1.82) is 0 Å². The number of carbonyl (C=O) groups excluding carboxylic acids is 2. The Morgan fingerprint density at radius 2 is 1.88 bits per heavy atom. The molecular weight excluding hydrogens is 330 g/mol. The maximum atomic E-state index is 12.5. The lowest BCUT2D eigenvalue weighted by Gasteiger charge is -2.37. The summed E-state index contributed by atoms with van der Waals surface area (Å²) in [5.74, 6) is 0.263. The van der Waals surface area contributed by atoms with Crippen LogP contribution in [0.1, 0.15) is 65.2 Å². The van der Waals surface area contributed by atoms with E-state index in [0.717, 1.165) is 38.6 Å². The summed E-state index contributed by atoms with van der Waals surface area (Å²) in [5.41, 5.74) is -0.370. The number of ether oxygens (including phenoxy) is 1. The van der Waals surface area contributed by atoms with Crippen LogP contribution in [0, 0.1) is 0 Å². The van der Waals surface area contributed by atoms with Gasteiger partial charge < -0.3 is 19.4 Å². The number of piperidine rings is 1. The first-order chi connectivity index (χ1) is 12.5. The summed E-state index contributed by atoms with van der Waals surface area (Å²) < 4.78 is 5.79. The molecule has 0 N–H and O–H groups in total. The Labute approximate surface area is 157 Å². The molecule has 2 amide bonds. The Hall–Kier alpha value is -1.30. The number of hydrogen-bond donors (Lipinski definition) is 0. The Kier molecular flexibility index (Phi) is 6.43. The third-order valence-electron chi connectivity index (χ3n) is 6.33. The standard InChI is InChI=1S/C20H35N3O3/c1-3-7-17(2)23-16-20(26-19(23)25)9-14-22(15-10-20)18(24)8-6-13-21-11-4-5-12-21/h17H,3-16H2,1-2H3/t17-/m1/s1. The van der Waals surface area contributed by atoms with E-state index in [-0.39, 0.29) is 23.6 Å². The second-order valence-electron chi connectivity index (χ2n) is 8.35. The van der Waals surface area contributed by atoms with E-state index in [2.05, 4.69) is 18.7 Å². The van der Waals surface area contributed by atoms with E-state index in [1.165, 1.54) is 25.9 Å². The number of likely N-dealkylation sites (tertiary alicyclic amines) is 2. The van der Waals surface area contributed by atoms with E-state index in [1.807, 2.05) is 9.80 Å². The molecule has 3 rings (SSSR count). The zero-order valence-corrected chi connectivity index (χ0v) is 16.5. The van der Waals surface area contributed by atoms with Crippen molar-refractivity contribution in [3.63, 3.8) is 0 Å². The molecule has 0 bridgehead atoms. The lowest BCUT2D eigenvalue weighted by atomic mass is 9.90. The molecule has 26 heavy (non-hydrogen) atoms. The zero-order valence-electron chi connectivity index (χ0n) is 16.5. The number of rotatable bonds is 7. The fourth-order valence-electron chi connectivity index (χ4n) is 4.60. The molecule has 0 unspecified atom stereocenters. The minimum absolute atomic E-state index is 0.170. The van der Waals surface area contributed by atoms with Gasteiger partial charge in [0.15, 0.2) is 0 Å². The van der Waals surface area contributed by atoms with Crippen molar-refractivity contribution in [2.75, 3.05) is 39.3 Å². The highest BCUT2D eigenvalue weighted by Crippen LogP contribution is 2.35. The fraction of sp³-hybridized carbons (Fsp3) is 0.900. The van der Waals surface area contributed by atoms with E-state index in [4.69, 9.17) is 4.74 Å². The minimum atomic E-state index is -0.370. The Morgan fingerprint density at radius 3 is 2.54 bits per heavy atom. The van der Waals surface area contributed by atoms with Crippen LogP contribution in [-0.4, -0.2) is 77.6 Å². The molecule has 0 saturated carbocycles. The summed E-state index contributed by atoms with van der Waals surface area (Å²) in [7, 11) is 0. The van der Waals surface area contributed by atoms with Gasteiger partial charge in [-0.2, -0.15) is 0 Å². The molecule has 6 heteroatoms. The Balaban J connectivity index is 1.42. The maximum Gasteiger partial charge on any atom is 0.410 e. The minimum Gasteiger partial charge on any atom is -0.441 e. The third-order valence-corrected chi connectivity index (χ3v) is 6.33. The van der Waals surface area contributed by atoms with Gasteiger partial charge in [0.05, 0.1) is 6.54 Å².